The fraction of sp³-hybridized carbons (Fsp3) is 0.803. The third-order valence-corrected chi connectivity index (χ3v) is 15.8. The van der Waals surface area contributed by atoms with E-state index in [1.54, 1.807) is 6.08 Å². The first-order valence-electron chi connectivity index (χ1n) is 34.2. The Morgan fingerprint density at radius 3 is 1.29 bits per heavy atom. The number of unbranched alkanes of at least 4 members (excludes halogenated alkanes) is 34. The van der Waals surface area contributed by atoms with E-state index in [4.69, 9.17) is 14.2 Å². The number of amides is 1. The summed E-state index contributed by atoms with van der Waals surface area (Å²) in [6.45, 7) is 5.75. The Labute approximate surface area is 502 Å². The third kappa shape index (κ3) is 45.5. The molecule has 82 heavy (non-hydrogen) atoms. The summed E-state index contributed by atoms with van der Waals surface area (Å²) in [7, 11) is 0. The lowest BCUT2D eigenvalue weighted by molar-refractivity contribution is -0.305. The van der Waals surface area contributed by atoms with Crippen molar-refractivity contribution in [2.24, 2.45) is 0 Å². The Balaban J connectivity index is 2.62. The SMILES string of the molecule is CCCCC/C=C\C/C=C\C/C=C\C/C=C\CCCC(=O)OC1C(OCC(NC(=O)C(O)CCCCCCCCCCCCCCCC/C=C/CCCCCCCC)C(O)/C=C/CCCCCCCCCCCC)OC(CO)C(O)C1O. The number of nitrogens with one attached hydrogen (secondary N) is 1. The van der Waals surface area contributed by atoms with Crippen LogP contribution in [0.15, 0.2) is 72.9 Å². The van der Waals surface area contributed by atoms with E-state index in [2.05, 4.69) is 80.8 Å². The first kappa shape index (κ1) is 77.1. The van der Waals surface area contributed by atoms with Gasteiger partial charge >= 0.3 is 5.97 Å². The second-order valence-electron chi connectivity index (χ2n) is 23.6. The minimum Gasteiger partial charge on any atom is -0.454 e. The van der Waals surface area contributed by atoms with Gasteiger partial charge in [-0.05, 0) is 89.9 Å². The maximum Gasteiger partial charge on any atom is 0.306 e. The number of aliphatic hydroxyl groups is 5. The Kier molecular flexibility index (Phi) is 55.0. The van der Waals surface area contributed by atoms with Crippen molar-refractivity contribution in [3.63, 3.8) is 0 Å². The second kappa shape index (κ2) is 58.5. The highest BCUT2D eigenvalue weighted by atomic mass is 16.7. The molecule has 0 aromatic carbocycles. The smallest absolute Gasteiger partial charge is 0.306 e. The van der Waals surface area contributed by atoms with Gasteiger partial charge in [-0.1, -0.05) is 280 Å². The first-order chi connectivity index (χ1) is 40.2. The van der Waals surface area contributed by atoms with Gasteiger partial charge in [-0.2, -0.15) is 0 Å². The molecule has 0 aliphatic carbocycles. The summed E-state index contributed by atoms with van der Waals surface area (Å²) in [6.07, 6.45) is 65.2. The van der Waals surface area contributed by atoms with E-state index in [9.17, 15) is 35.1 Å². The van der Waals surface area contributed by atoms with Crippen LogP contribution in [0.5, 0.6) is 0 Å². The van der Waals surface area contributed by atoms with Crippen molar-refractivity contribution in [2.75, 3.05) is 13.2 Å². The number of rotatable bonds is 58. The van der Waals surface area contributed by atoms with E-state index in [0.717, 1.165) is 64.2 Å². The van der Waals surface area contributed by atoms with Crippen molar-refractivity contribution in [3.05, 3.63) is 72.9 Å². The standard InChI is InChI=1S/C71H127NO10/c1-4-7-10-13-16-19-22-25-27-29-30-31-32-33-34-35-37-38-40-43-46-49-52-55-58-64(75)70(79)72-62(63(74)57-54-51-48-45-42-24-21-18-15-12-9-6-3)61-80-71-69(68(78)67(77)65(60-73)81-71)82-66(76)59-56-53-50-47-44-41-39-36-28-26-23-20-17-14-11-8-5-2/h17,20,25-28,39,41,47,50,54,57,62-65,67-69,71,73-75,77-78H,4-16,18-19,21-24,29-38,40,42-46,48-49,51-53,55-56,58-61H2,1-3H3,(H,72,79)/b20-17-,27-25+,28-26-,41-39-,50-47-,57-54+. The highest BCUT2D eigenvalue weighted by Gasteiger charge is 2.47. The molecule has 0 saturated carbocycles. The van der Waals surface area contributed by atoms with Crippen LogP contribution in [0.2, 0.25) is 0 Å². The van der Waals surface area contributed by atoms with E-state index in [-0.39, 0.29) is 19.4 Å². The van der Waals surface area contributed by atoms with Gasteiger partial charge in [0.25, 0.3) is 0 Å². The molecule has 476 valence electrons. The van der Waals surface area contributed by atoms with E-state index in [1.807, 2.05) is 12.2 Å². The number of hydrogen-bond acceptors (Lipinski definition) is 10. The van der Waals surface area contributed by atoms with Gasteiger partial charge in [-0.3, -0.25) is 9.59 Å². The Morgan fingerprint density at radius 2 is 0.841 bits per heavy atom. The summed E-state index contributed by atoms with van der Waals surface area (Å²) in [5.41, 5.74) is 0. The van der Waals surface area contributed by atoms with Gasteiger partial charge in [-0.15, -0.1) is 0 Å². The van der Waals surface area contributed by atoms with Crippen LogP contribution in [0, 0.1) is 0 Å². The average molecular weight is 1150 g/mol. The Bertz CT molecular complexity index is 1610. The largest absolute Gasteiger partial charge is 0.454 e. The van der Waals surface area contributed by atoms with E-state index in [1.165, 1.54) is 186 Å². The average Bonchev–Trinajstić information content (AvgIpc) is 3.60. The van der Waals surface area contributed by atoms with Gasteiger partial charge in [0.1, 0.15) is 24.4 Å². The van der Waals surface area contributed by atoms with Gasteiger partial charge in [0.2, 0.25) is 5.91 Å². The molecule has 1 fully saturated rings. The molecule has 1 aliphatic rings. The molecule has 11 nitrogen and oxygen atoms in total. The Hall–Kier alpha value is -2.90. The predicted octanol–water partition coefficient (Wildman–Crippen LogP) is 17.1. The molecule has 0 aromatic rings. The molecule has 6 N–H and O–H groups in total. The summed E-state index contributed by atoms with van der Waals surface area (Å²) in [6, 6.07) is -1.04. The van der Waals surface area contributed by atoms with Crippen molar-refractivity contribution in [3.8, 4) is 0 Å². The minimum absolute atomic E-state index is 0.0466. The Morgan fingerprint density at radius 1 is 0.476 bits per heavy atom. The molecule has 1 rings (SSSR count). The first-order valence-corrected chi connectivity index (χ1v) is 34.2. The lowest BCUT2D eigenvalue weighted by Crippen LogP contribution is -2.61. The molecule has 0 spiro atoms. The highest BCUT2D eigenvalue weighted by Crippen LogP contribution is 2.26. The summed E-state index contributed by atoms with van der Waals surface area (Å²) < 4.78 is 17.6. The van der Waals surface area contributed by atoms with Crippen molar-refractivity contribution in [1.82, 2.24) is 5.32 Å². The molecule has 1 saturated heterocycles. The van der Waals surface area contributed by atoms with Gasteiger partial charge in [0.05, 0.1) is 25.4 Å². The molecular weight excluding hydrogens is 1030 g/mol. The molecule has 1 aliphatic heterocycles. The molecule has 0 bridgehead atoms. The highest BCUT2D eigenvalue weighted by molar-refractivity contribution is 5.80. The number of carbonyl (C=O) groups excluding carboxylic acids is 2. The third-order valence-electron chi connectivity index (χ3n) is 15.8. The monoisotopic (exact) mass is 1150 g/mol. The molecule has 0 aromatic heterocycles. The second-order valence-corrected chi connectivity index (χ2v) is 23.6. The molecule has 8 atom stereocenters. The molecule has 1 heterocycles. The lowest BCUT2D eigenvalue weighted by atomic mass is 9.99. The number of aliphatic hydroxyl groups excluding tert-OH is 5. The minimum atomic E-state index is -1.64. The predicted molar refractivity (Wildman–Crippen MR) is 343 cm³/mol. The molecule has 8 unspecified atom stereocenters. The van der Waals surface area contributed by atoms with Crippen LogP contribution < -0.4 is 5.32 Å². The van der Waals surface area contributed by atoms with E-state index >= 15 is 0 Å². The molecule has 11 heteroatoms. The van der Waals surface area contributed by atoms with Crippen LogP contribution >= 0.6 is 0 Å². The molecule has 1 amide bonds. The number of carbonyl (C=O) groups is 2. The fourth-order valence-corrected chi connectivity index (χ4v) is 10.4. The maximum absolute atomic E-state index is 13.5. The summed E-state index contributed by atoms with van der Waals surface area (Å²) in [4.78, 5) is 26.6. The number of ether oxygens (including phenoxy) is 3. The number of hydrogen-bond donors (Lipinski definition) is 6. The van der Waals surface area contributed by atoms with E-state index in [0.29, 0.717) is 19.3 Å². The van der Waals surface area contributed by atoms with Gasteiger partial charge in [0.15, 0.2) is 12.4 Å². The zero-order chi connectivity index (χ0) is 59.6. The van der Waals surface area contributed by atoms with Crippen molar-refractivity contribution >= 4 is 11.9 Å². The lowest BCUT2D eigenvalue weighted by Gasteiger charge is -2.41. The number of esters is 1. The van der Waals surface area contributed by atoms with Crippen LogP contribution in [-0.4, -0.2) is 99.6 Å². The quantitative estimate of drug-likeness (QED) is 0.0195. The topological polar surface area (TPSA) is 175 Å². The zero-order valence-corrected chi connectivity index (χ0v) is 52.9. The maximum atomic E-state index is 13.5. The zero-order valence-electron chi connectivity index (χ0n) is 52.9. The summed E-state index contributed by atoms with van der Waals surface area (Å²) in [5, 5.41) is 57.1. The molecular formula is C71H127NO10. The molecule has 0 radical (unpaired) electrons. The van der Waals surface area contributed by atoms with Crippen LogP contribution in [0.4, 0.5) is 0 Å². The van der Waals surface area contributed by atoms with Crippen molar-refractivity contribution in [1.29, 1.82) is 0 Å². The fourth-order valence-electron chi connectivity index (χ4n) is 10.4. The normalized spacial score (nSPS) is 19.0. The van der Waals surface area contributed by atoms with Crippen molar-refractivity contribution < 1.29 is 49.3 Å². The van der Waals surface area contributed by atoms with Crippen LogP contribution in [-0.2, 0) is 23.8 Å². The van der Waals surface area contributed by atoms with Crippen LogP contribution in [0.3, 0.4) is 0 Å². The van der Waals surface area contributed by atoms with Gasteiger partial charge in [0, 0.05) is 6.42 Å². The van der Waals surface area contributed by atoms with Gasteiger partial charge in [-0.25, -0.2) is 0 Å². The van der Waals surface area contributed by atoms with Crippen LogP contribution in [0.1, 0.15) is 303 Å². The van der Waals surface area contributed by atoms with Crippen molar-refractivity contribution in [2.45, 2.75) is 352 Å². The van der Waals surface area contributed by atoms with Crippen LogP contribution in [0.25, 0.3) is 0 Å². The van der Waals surface area contributed by atoms with Gasteiger partial charge < -0.3 is 45.1 Å². The summed E-state index contributed by atoms with van der Waals surface area (Å²) >= 11 is 0. The van der Waals surface area contributed by atoms with E-state index < -0.39 is 67.4 Å². The number of allylic oxidation sites excluding steroid dienone is 11. The summed E-state index contributed by atoms with van der Waals surface area (Å²) in [5.74, 6) is -1.25.